The first-order chi connectivity index (χ1) is 11.1. The minimum absolute atomic E-state index is 0.444. The van der Waals surface area contributed by atoms with E-state index in [2.05, 4.69) is 20.2 Å². The molecule has 0 aromatic heterocycles. The lowest BCUT2D eigenvalue weighted by Crippen LogP contribution is -2.20. The van der Waals surface area contributed by atoms with Crippen LogP contribution in [0.1, 0.15) is 0 Å². The van der Waals surface area contributed by atoms with Crippen LogP contribution in [0.4, 0.5) is 21.9 Å². The first-order valence-electron chi connectivity index (χ1n) is 6.65. The first-order valence-corrected chi connectivity index (χ1v) is 6.65. The standard InChI is InChI=1S/C15H13N5O3/c1-22-13-7-12(14(23-2)6-9(13)16)20-19-8-3-4-10-11(5-8)18-15(21)17-10/h3-7H,16H2,1-2H3. The SMILES string of the molecule is COc1cc(N=Nc2ccc3c(c2)=NC(=O)N=3)c(OC)cc1N. The van der Waals surface area contributed by atoms with E-state index in [0.717, 1.165) is 0 Å². The number of azo groups is 1. The van der Waals surface area contributed by atoms with Gasteiger partial charge < -0.3 is 15.2 Å². The van der Waals surface area contributed by atoms with Gasteiger partial charge >= 0.3 is 6.03 Å². The molecule has 2 aromatic carbocycles. The zero-order chi connectivity index (χ0) is 16.4. The van der Waals surface area contributed by atoms with Gasteiger partial charge in [0.05, 0.1) is 36.3 Å². The van der Waals surface area contributed by atoms with E-state index in [-0.39, 0.29) is 0 Å². The zero-order valence-corrected chi connectivity index (χ0v) is 12.5. The summed E-state index contributed by atoms with van der Waals surface area (Å²) in [4.78, 5) is 18.7. The number of nitrogens with two attached hydrogens (primary N) is 1. The summed E-state index contributed by atoms with van der Waals surface area (Å²) in [5, 5.41) is 9.29. The van der Waals surface area contributed by atoms with E-state index in [1.165, 1.54) is 14.2 Å². The fourth-order valence-electron chi connectivity index (χ4n) is 2.08. The van der Waals surface area contributed by atoms with Gasteiger partial charge in [0, 0.05) is 12.1 Å². The third kappa shape index (κ3) is 2.86. The normalized spacial score (nSPS) is 12.7. The molecule has 3 rings (SSSR count). The average molecular weight is 311 g/mol. The lowest BCUT2D eigenvalue weighted by atomic mass is 10.2. The second kappa shape index (κ2) is 5.84. The van der Waals surface area contributed by atoms with E-state index in [0.29, 0.717) is 39.3 Å². The predicted octanol–water partition coefficient (Wildman–Crippen LogP) is 2.07. The van der Waals surface area contributed by atoms with Crippen molar-refractivity contribution in [2.45, 2.75) is 0 Å². The average Bonchev–Trinajstić information content (AvgIpc) is 2.92. The van der Waals surface area contributed by atoms with Crippen molar-refractivity contribution in [1.82, 2.24) is 0 Å². The van der Waals surface area contributed by atoms with Crippen molar-refractivity contribution in [3.63, 3.8) is 0 Å². The molecule has 0 unspecified atom stereocenters. The fraction of sp³-hybridized carbons (Fsp3) is 0.133. The Morgan fingerprint density at radius 3 is 2.43 bits per heavy atom. The number of amides is 2. The number of urea groups is 1. The van der Waals surface area contributed by atoms with Gasteiger partial charge in [-0.25, -0.2) is 4.79 Å². The van der Waals surface area contributed by atoms with Crippen LogP contribution in [0.25, 0.3) is 0 Å². The molecule has 23 heavy (non-hydrogen) atoms. The highest BCUT2D eigenvalue weighted by atomic mass is 16.5. The molecule has 2 amide bonds. The Bertz CT molecular complexity index is 937. The number of nitrogens with zero attached hydrogens (tertiary/aromatic N) is 4. The molecule has 1 aliphatic rings. The molecule has 0 fully saturated rings. The summed E-state index contributed by atoms with van der Waals surface area (Å²) in [7, 11) is 3.03. The van der Waals surface area contributed by atoms with Crippen LogP contribution in [0.5, 0.6) is 11.5 Å². The second-order valence-corrected chi connectivity index (χ2v) is 4.65. The highest BCUT2D eigenvalue weighted by Crippen LogP contribution is 2.37. The lowest BCUT2D eigenvalue weighted by Gasteiger charge is -2.09. The zero-order valence-electron chi connectivity index (χ0n) is 12.5. The Labute approximate surface area is 131 Å². The molecule has 2 aromatic rings. The van der Waals surface area contributed by atoms with Gasteiger partial charge in [-0.15, -0.1) is 5.11 Å². The molecule has 1 aliphatic heterocycles. The molecule has 0 saturated carbocycles. The Kier molecular flexibility index (Phi) is 3.71. The molecule has 8 heteroatoms. The van der Waals surface area contributed by atoms with Crippen molar-refractivity contribution in [3.05, 3.63) is 41.0 Å². The highest BCUT2D eigenvalue weighted by Gasteiger charge is 2.09. The summed E-state index contributed by atoms with van der Waals surface area (Å²) in [6, 6.07) is 7.73. The molecule has 0 saturated heterocycles. The van der Waals surface area contributed by atoms with Crippen molar-refractivity contribution in [3.8, 4) is 11.5 Å². The summed E-state index contributed by atoms with van der Waals surface area (Å²) >= 11 is 0. The van der Waals surface area contributed by atoms with Crippen LogP contribution in [0.3, 0.4) is 0 Å². The molecular weight excluding hydrogens is 298 g/mol. The van der Waals surface area contributed by atoms with Gasteiger partial charge in [0.25, 0.3) is 0 Å². The van der Waals surface area contributed by atoms with Crippen LogP contribution in [-0.4, -0.2) is 20.3 Å². The smallest absolute Gasteiger partial charge is 0.368 e. The van der Waals surface area contributed by atoms with Crippen LogP contribution >= 0.6 is 0 Å². The van der Waals surface area contributed by atoms with Crippen molar-refractivity contribution < 1.29 is 14.3 Å². The van der Waals surface area contributed by atoms with Gasteiger partial charge in [-0.1, -0.05) is 0 Å². The number of ether oxygens (including phenoxy) is 2. The molecular formula is C15H13N5O3. The quantitative estimate of drug-likeness (QED) is 0.688. The minimum Gasteiger partial charge on any atom is -0.495 e. The van der Waals surface area contributed by atoms with E-state index in [1.807, 2.05) is 0 Å². The second-order valence-electron chi connectivity index (χ2n) is 4.65. The molecule has 1 heterocycles. The van der Waals surface area contributed by atoms with Crippen molar-refractivity contribution in [2.75, 3.05) is 20.0 Å². The van der Waals surface area contributed by atoms with Crippen LogP contribution < -0.4 is 25.9 Å². The molecule has 116 valence electrons. The number of nitrogen functional groups attached to an aromatic ring is 1. The number of anilines is 1. The summed E-state index contributed by atoms with van der Waals surface area (Å²) < 4.78 is 10.4. The summed E-state index contributed by atoms with van der Waals surface area (Å²) in [5.41, 5.74) is 7.28. The maximum Gasteiger partial charge on any atom is 0.368 e. The lowest BCUT2D eigenvalue weighted by molar-refractivity contribution is 0.256. The van der Waals surface area contributed by atoms with Gasteiger partial charge in [0.2, 0.25) is 0 Å². The van der Waals surface area contributed by atoms with Gasteiger partial charge in [-0.05, 0) is 18.2 Å². The van der Waals surface area contributed by atoms with Crippen molar-refractivity contribution in [2.24, 2.45) is 20.2 Å². The van der Waals surface area contributed by atoms with Crippen LogP contribution in [-0.2, 0) is 0 Å². The maximum atomic E-state index is 11.1. The number of hydrogen-bond donors (Lipinski definition) is 1. The predicted molar refractivity (Wildman–Crippen MR) is 82.3 cm³/mol. The number of methoxy groups -OCH3 is 2. The molecule has 0 bridgehead atoms. The molecule has 0 aliphatic carbocycles. The fourth-order valence-corrected chi connectivity index (χ4v) is 2.08. The molecule has 0 atom stereocenters. The first kappa shape index (κ1) is 14.6. The van der Waals surface area contributed by atoms with Crippen LogP contribution in [0.15, 0.2) is 50.5 Å². The van der Waals surface area contributed by atoms with E-state index in [1.54, 1.807) is 30.3 Å². The van der Waals surface area contributed by atoms with Crippen LogP contribution in [0.2, 0.25) is 0 Å². The number of hydrogen-bond acceptors (Lipinski definition) is 6. The Balaban J connectivity index is 1.98. The van der Waals surface area contributed by atoms with Gasteiger partial charge in [-0.2, -0.15) is 15.1 Å². The Morgan fingerprint density at radius 2 is 1.70 bits per heavy atom. The Hall–Kier alpha value is -3.29. The third-order valence-corrected chi connectivity index (χ3v) is 3.20. The number of benzene rings is 2. The van der Waals surface area contributed by atoms with E-state index in [4.69, 9.17) is 15.2 Å². The van der Waals surface area contributed by atoms with E-state index in [9.17, 15) is 4.79 Å². The van der Waals surface area contributed by atoms with E-state index < -0.39 is 6.03 Å². The van der Waals surface area contributed by atoms with Gasteiger partial charge in [0.15, 0.2) is 0 Å². The van der Waals surface area contributed by atoms with Crippen molar-refractivity contribution in [1.29, 1.82) is 0 Å². The highest BCUT2D eigenvalue weighted by molar-refractivity contribution is 5.77. The number of carbonyl (C=O) groups is 1. The van der Waals surface area contributed by atoms with Gasteiger partial charge in [0.1, 0.15) is 17.2 Å². The van der Waals surface area contributed by atoms with E-state index >= 15 is 0 Å². The topological polar surface area (TPSA) is 111 Å². The summed E-state index contributed by atoms with van der Waals surface area (Å²) in [6.45, 7) is 0. The largest absolute Gasteiger partial charge is 0.495 e. The summed E-state index contributed by atoms with van der Waals surface area (Å²) in [6.07, 6.45) is 0. The number of rotatable bonds is 4. The summed E-state index contributed by atoms with van der Waals surface area (Å²) in [5.74, 6) is 0.955. The number of carbonyl (C=O) groups excluding carboxylic acids is 1. The molecule has 0 radical (unpaired) electrons. The van der Waals surface area contributed by atoms with Crippen molar-refractivity contribution >= 4 is 23.1 Å². The molecule has 2 N–H and O–H groups in total. The monoisotopic (exact) mass is 311 g/mol. The third-order valence-electron chi connectivity index (χ3n) is 3.20. The van der Waals surface area contributed by atoms with Crippen LogP contribution in [0, 0.1) is 0 Å². The Morgan fingerprint density at radius 1 is 0.957 bits per heavy atom. The molecule has 0 spiro atoms. The minimum atomic E-state index is -0.515. The molecule has 8 nitrogen and oxygen atoms in total. The maximum absolute atomic E-state index is 11.1. The van der Waals surface area contributed by atoms with Gasteiger partial charge in [-0.3, -0.25) is 0 Å². The number of fused-ring (bicyclic) bond motifs is 1.